The van der Waals surface area contributed by atoms with Gasteiger partial charge < -0.3 is 5.32 Å². The predicted molar refractivity (Wildman–Crippen MR) is 77.6 cm³/mol. The molecule has 0 saturated carbocycles. The highest BCUT2D eigenvalue weighted by Crippen LogP contribution is 2.27. The van der Waals surface area contributed by atoms with Gasteiger partial charge in [0.05, 0.1) is 6.04 Å². The van der Waals surface area contributed by atoms with E-state index < -0.39 is 0 Å². The van der Waals surface area contributed by atoms with Crippen LogP contribution in [-0.2, 0) is 4.79 Å². The Morgan fingerprint density at radius 1 is 1.16 bits per heavy atom. The van der Waals surface area contributed by atoms with Crippen molar-refractivity contribution < 1.29 is 4.79 Å². The summed E-state index contributed by atoms with van der Waals surface area (Å²) in [5.41, 5.74) is 0. The summed E-state index contributed by atoms with van der Waals surface area (Å²) in [4.78, 5) is 12.6. The largest absolute Gasteiger partial charge is 0.306 e. The summed E-state index contributed by atoms with van der Waals surface area (Å²) in [6.07, 6.45) is 6.90. The van der Waals surface area contributed by atoms with Crippen LogP contribution in [0.25, 0.3) is 0 Å². The second-order valence-corrected chi connectivity index (χ2v) is 6.12. The van der Waals surface area contributed by atoms with Gasteiger partial charge in [0.25, 0.3) is 5.91 Å². The molecule has 0 aromatic heterocycles. The molecule has 0 bridgehead atoms. The van der Waals surface area contributed by atoms with Crippen LogP contribution in [0.4, 0.5) is 0 Å². The number of hydrogen-bond donors (Lipinski definition) is 1. The average Bonchev–Trinajstić information content (AvgIpc) is 2.39. The normalized spacial score (nSPS) is 33.7. The number of amides is 1. The van der Waals surface area contributed by atoms with Crippen LogP contribution in [0.5, 0.6) is 0 Å². The van der Waals surface area contributed by atoms with Gasteiger partial charge in [-0.15, -0.1) is 0 Å². The van der Waals surface area contributed by atoms with Crippen molar-refractivity contribution in [3.63, 3.8) is 0 Å². The first-order valence-corrected chi connectivity index (χ1v) is 7.98. The fourth-order valence-corrected chi connectivity index (χ4v) is 3.48. The lowest BCUT2D eigenvalue weighted by Crippen LogP contribution is -2.62. The second kappa shape index (κ2) is 6.71. The lowest BCUT2D eigenvalue weighted by Gasteiger charge is -2.48. The van der Waals surface area contributed by atoms with Crippen molar-refractivity contribution in [3.05, 3.63) is 0 Å². The van der Waals surface area contributed by atoms with E-state index in [0.29, 0.717) is 18.0 Å². The number of carbonyl (C=O) groups excluding carboxylic acids is 1. The molecule has 0 aromatic rings. The van der Waals surface area contributed by atoms with Crippen LogP contribution >= 0.6 is 0 Å². The maximum absolute atomic E-state index is 12.6. The number of rotatable bonds is 4. The molecule has 1 N–H and O–H groups in total. The standard InChI is InChI=1S/C15H29N3O/c1-4-10-16-14-9-6-11-17(15(14)19)18-12(2)7-5-8-13(18)3/h12-14,16H,4-11H2,1-3H3. The van der Waals surface area contributed by atoms with E-state index in [-0.39, 0.29) is 6.04 Å². The van der Waals surface area contributed by atoms with Gasteiger partial charge in [0, 0.05) is 18.6 Å². The van der Waals surface area contributed by atoms with Crippen LogP contribution in [0.1, 0.15) is 59.3 Å². The van der Waals surface area contributed by atoms with E-state index in [4.69, 9.17) is 0 Å². The molecule has 2 aliphatic heterocycles. The van der Waals surface area contributed by atoms with Crippen molar-refractivity contribution in [2.75, 3.05) is 13.1 Å². The van der Waals surface area contributed by atoms with E-state index in [1.54, 1.807) is 0 Å². The highest BCUT2D eigenvalue weighted by atomic mass is 16.2. The third-order valence-corrected chi connectivity index (χ3v) is 4.48. The summed E-state index contributed by atoms with van der Waals surface area (Å²) in [5.74, 6) is 0.292. The van der Waals surface area contributed by atoms with E-state index >= 15 is 0 Å². The summed E-state index contributed by atoms with van der Waals surface area (Å²) in [7, 11) is 0. The van der Waals surface area contributed by atoms with Crippen molar-refractivity contribution in [3.8, 4) is 0 Å². The Morgan fingerprint density at radius 3 is 2.47 bits per heavy atom. The van der Waals surface area contributed by atoms with Crippen molar-refractivity contribution >= 4 is 5.91 Å². The van der Waals surface area contributed by atoms with E-state index in [2.05, 4.69) is 31.1 Å². The van der Waals surface area contributed by atoms with E-state index in [0.717, 1.165) is 32.4 Å². The van der Waals surface area contributed by atoms with Crippen LogP contribution in [0, 0.1) is 0 Å². The number of hydrazine groups is 1. The van der Waals surface area contributed by atoms with Crippen LogP contribution in [0.3, 0.4) is 0 Å². The minimum absolute atomic E-state index is 0.0371. The molecular formula is C15H29N3O. The first-order valence-electron chi connectivity index (χ1n) is 7.98. The van der Waals surface area contributed by atoms with Crippen molar-refractivity contribution in [2.45, 2.75) is 77.4 Å². The highest BCUT2D eigenvalue weighted by Gasteiger charge is 2.37. The van der Waals surface area contributed by atoms with Crippen molar-refractivity contribution in [2.24, 2.45) is 0 Å². The van der Waals surface area contributed by atoms with E-state index in [1.807, 2.05) is 5.01 Å². The molecule has 3 unspecified atom stereocenters. The lowest BCUT2D eigenvalue weighted by atomic mass is 9.98. The Bertz CT molecular complexity index is 298. The predicted octanol–water partition coefficient (Wildman–Crippen LogP) is 2.15. The van der Waals surface area contributed by atoms with Crippen molar-refractivity contribution in [1.82, 2.24) is 15.3 Å². The Labute approximate surface area is 117 Å². The number of hydrogen-bond acceptors (Lipinski definition) is 3. The molecule has 1 amide bonds. The van der Waals surface area contributed by atoms with Gasteiger partial charge in [0.2, 0.25) is 0 Å². The topological polar surface area (TPSA) is 35.6 Å². The Morgan fingerprint density at radius 2 is 1.84 bits per heavy atom. The van der Waals surface area contributed by atoms with Gasteiger partial charge in [-0.05, 0) is 52.5 Å². The summed E-state index contributed by atoms with van der Waals surface area (Å²) in [6.45, 7) is 8.50. The molecule has 2 rings (SSSR count). The van der Waals surface area contributed by atoms with Gasteiger partial charge in [-0.2, -0.15) is 0 Å². The minimum Gasteiger partial charge on any atom is -0.306 e. The Hall–Kier alpha value is -0.610. The summed E-state index contributed by atoms with van der Waals surface area (Å²) >= 11 is 0. The molecule has 19 heavy (non-hydrogen) atoms. The quantitative estimate of drug-likeness (QED) is 0.848. The number of nitrogens with one attached hydrogen (secondary N) is 1. The molecule has 3 atom stereocenters. The van der Waals surface area contributed by atoms with Crippen LogP contribution in [0.2, 0.25) is 0 Å². The van der Waals surface area contributed by atoms with Gasteiger partial charge in [-0.3, -0.25) is 9.80 Å². The number of carbonyl (C=O) groups is 1. The van der Waals surface area contributed by atoms with Crippen LogP contribution in [-0.4, -0.2) is 47.1 Å². The van der Waals surface area contributed by atoms with Gasteiger partial charge in [-0.1, -0.05) is 13.3 Å². The Kier molecular flexibility index (Phi) is 5.22. The fraction of sp³-hybridized carbons (Fsp3) is 0.933. The molecule has 110 valence electrons. The summed E-state index contributed by atoms with van der Waals surface area (Å²) in [6, 6.07) is 1.03. The number of nitrogens with zero attached hydrogens (tertiary/aromatic N) is 2. The zero-order valence-electron chi connectivity index (χ0n) is 12.7. The van der Waals surface area contributed by atoms with Gasteiger partial charge >= 0.3 is 0 Å². The molecule has 4 heteroatoms. The molecule has 0 aromatic carbocycles. The highest BCUT2D eigenvalue weighted by molar-refractivity contribution is 5.82. The molecule has 2 saturated heterocycles. The second-order valence-electron chi connectivity index (χ2n) is 6.12. The molecule has 0 spiro atoms. The minimum atomic E-state index is 0.0371. The van der Waals surface area contributed by atoms with Gasteiger partial charge in [0.1, 0.15) is 0 Å². The third-order valence-electron chi connectivity index (χ3n) is 4.48. The smallest absolute Gasteiger partial charge is 0.254 e. The monoisotopic (exact) mass is 267 g/mol. The zero-order chi connectivity index (χ0) is 13.8. The first kappa shape index (κ1) is 14.8. The molecule has 2 fully saturated rings. The lowest BCUT2D eigenvalue weighted by molar-refractivity contribution is -0.170. The fourth-order valence-electron chi connectivity index (χ4n) is 3.48. The van der Waals surface area contributed by atoms with Gasteiger partial charge in [-0.25, -0.2) is 5.01 Å². The molecule has 4 nitrogen and oxygen atoms in total. The maximum atomic E-state index is 12.6. The van der Waals surface area contributed by atoms with Crippen LogP contribution in [0.15, 0.2) is 0 Å². The van der Waals surface area contributed by atoms with E-state index in [1.165, 1.54) is 19.3 Å². The van der Waals surface area contributed by atoms with Crippen molar-refractivity contribution in [1.29, 1.82) is 0 Å². The SMILES string of the molecule is CCCNC1CCCN(N2C(C)CCCC2C)C1=O. The molecule has 2 heterocycles. The molecule has 0 radical (unpaired) electrons. The first-order chi connectivity index (χ1) is 9.15. The summed E-state index contributed by atoms with van der Waals surface area (Å²) < 4.78 is 0. The average molecular weight is 267 g/mol. The molecular weight excluding hydrogens is 238 g/mol. The molecule has 2 aliphatic rings. The third kappa shape index (κ3) is 3.29. The maximum Gasteiger partial charge on any atom is 0.254 e. The Balaban J connectivity index is 2.03. The molecule has 0 aliphatic carbocycles. The summed E-state index contributed by atoms with van der Waals surface area (Å²) in [5, 5.41) is 7.80. The number of piperidine rings is 2. The zero-order valence-corrected chi connectivity index (χ0v) is 12.7. The van der Waals surface area contributed by atoms with Crippen LogP contribution < -0.4 is 5.32 Å². The van der Waals surface area contributed by atoms with E-state index in [9.17, 15) is 4.79 Å². The van der Waals surface area contributed by atoms with Gasteiger partial charge in [0.15, 0.2) is 0 Å².